The zero-order valence-corrected chi connectivity index (χ0v) is 31.7. The van der Waals surface area contributed by atoms with Gasteiger partial charge in [-0.25, -0.2) is 0 Å². The highest BCUT2D eigenvalue weighted by molar-refractivity contribution is 7.25. The van der Waals surface area contributed by atoms with Gasteiger partial charge in [-0.3, -0.25) is 0 Å². The van der Waals surface area contributed by atoms with Gasteiger partial charge in [0.15, 0.2) is 0 Å². The first kappa shape index (κ1) is 32.0. The fraction of sp³-hybridized carbons (Fsp3) is 0.0769. The van der Waals surface area contributed by atoms with Gasteiger partial charge in [0.05, 0.1) is 22.2 Å². The molecule has 0 saturated heterocycles. The van der Waals surface area contributed by atoms with Gasteiger partial charge in [0.25, 0.3) is 0 Å². The van der Waals surface area contributed by atoms with Crippen LogP contribution in [0.5, 0.6) is 0 Å². The van der Waals surface area contributed by atoms with Crippen molar-refractivity contribution in [3.05, 3.63) is 181 Å². The van der Waals surface area contributed by atoms with Crippen LogP contribution >= 0.6 is 11.3 Å². The Morgan fingerprint density at radius 2 is 1.15 bits per heavy atom. The van der Waals surface area contributed by atoms with Crippen LogP contribution in [0.1, 0.15) is 24.5 Å². The van der Waals surface area contributed by atoms with Crippen LogP contribution in [-0.2, 0) is 6.42 Å². The lowest BCUT2D eigenvalue weighted by molar-refractivity contribution is 0.923. The second kappa shape index (κ2) is 12.6. The third-order valence-corrected chi connectivity index (χ3v) is 12.8. The lowest BCUT2D eigenvalue weighted by atomic mass is 9.93. The quantitative estimate of drug-likeness (QED) is 0.159. The maximum atomic E-state index is 2.51. The summed E-state index contributed by atoms with van der Waals surface area (Å²) in [6.45, 7) is 4.51. The van der Waals surface area contributed by atoms with Gasteiger partial charge in [-0.1, -0.05) is 129 Å². The number of hydrogen-bond acceptors (Lipinski definition) is 2. The number of para-hydroxylation sites is 3. The number of aromatic nitrogens is 1. The summed E-state index contributed by atoms with van der Waals surface area (Å²) in [6, 6.07) is 63.3. The summed E-state index contributed by atoms with van der Waals surface area (Å²) in [5.74, 6) is 0. The van der Waals surface area contributed by atoms with Crippen molar-refractivity contribution in [3.63, 3.8) is 0 Å². The van der Waals surface area contributed by atoms with Gasteiger partial charge in [0, 0.05) is 53.1 Å². The topological polar surface area (TPSA) is 7.65 Å². The minimum absolute atomic E-state index is 1.05. The van der Waals surface area contributed by atoms with Crippen LogP contribution in [0.25, 0.3) is 80.5 Å². The Morgan fingerprint density at radius 1 is 0.491 bits per heavy atom. The van der Waals surface area contributed by atoms with Crippen molar-refractivity contribution < 1.29 is 0 Å². The molecule has 11 rings (SSSR count). The molecule has 0 N–H and O–H groups in total. The highest BCUT2D eigenvalue weighted by Crippen LogP contribution is 2.47. The SMILES string of the molecule is CCCc1ccccc1-c1cc(N(c2ccc(-c3ccc4sc5ccccc5c4c3)cc2)c2cccc3c4cccc5c6ccccc6n(c23)c54)ccc1C. The van der Waals surface area contributed by atoms with E-state index < -0.39 is 0 Å². The van der Waals surface area contributed by atoms with E-state index in [9.17, 15) is 0 Å². The molecule has 55 heavy (non-hydrogen) atoms. The Morgan fingerprint density at radius 3 is 2.00 bits per heavy atom. The molecule has 0 radical (unpaired) electrons. The van der Waals surface area contributed by atoms with Gasteiger partial charge in [-0.05, 0) is 101 Å². The van der Waals surface area contributed by atoms with Gasteiger partial charge in [-0.15, -0.1) is 11.3 Å². The van der Waals surface area contributed by atoms with E-state index in [1.165, 1.54) is 91.6 Å². The van der Waals surface area contributed by atoms with E-state index >= 15 is 0 Å². The molecule has 0 aliphatic carbocycles. The lowest BCUT2D eigenvalue weighted by Crippen LogP contribution is -2.11. The average Bonchev–Trinajstić information content (AvgIpc) is 3.89. The third kappa shape index (κ3) is 4.93. The van der Waals surface area contributed by atoms with Crippen molar-refractivity contribution in [1.29, 1.82) is 0 Å². The smallest absolute Gasteiger partial charge is 0.0782 e. The van der Waals surface area contributed by atoms with Crippen LogP contribution in [-0.4, -0.2) is 4.40 Å². The zero-order chi connectivity index (χ0) is 36.6. The van der Waals surface area contributed by atoms with Crippen LogP contribution in [0.3, 0.4) is 0 Å². The summed E-state index contributed by atoms with van der Waals surface area (Å²) in [5.41, 5.74) is 14.9. The Bertz CT molecular complexity index is 3240. The summed E-state index contributed by atoms with van der Waals surface area (Å²) in [5, 5.41) is 7.79. The highest BCUT2D eigenvalue weighted by Gasteiger charge is 2.24. The molecule has 2 nitrogen and oxygen atoms in total. The van der Waals surface area contributed by atoms with Crippen molar-refractivity contribution in [1.82, 2.24) is 4.40 Å². The van der Waals surface area contributed by atoms with E-state index in [0.717, 1.165) is 29.9 Å². The summed E-state index contributed by atoms with van der Waals surface area (Å²) < 4.78 is 5.17. The number of benzene rings is 8. The van der Waals surface area contributed by atoms with Gasteiger partial charge in [-0.2, -0.15) is 0 Å². The number of anilines is 3. The fourth-order valence-electron chi connectivity index (χ4n) is 9.08. The molecule has 0 atom stereocenters. The minimum atomic E-state index is 1.05. The van der Waals surface area contributed by atoms with Gasteiger partial charge >= 0.3 is 0 Å². The number of hydrogen-bond donors (Lipinski definition) is 0. The zero-order valence-electron chi connectivity index (χ0n) is 30.9. The van der Waals surface area contributed by atoms with Gasteiger partial charge < -0.3 is 9.30 Å². The molecule has 11 aromatic rings. The van der Waals surface area contributed by atoms with Crippen molar-refractivity contribution in [3.8, 4) is 22.3 Å². The number of aryl methyl sites for hydroxylation is 2. The van der Waals surface area contributed by atoms with Crippen LogP contribution in [0, 0.1) is 6.92 Å². The number of thiophene rings is 1. The van der Waals surface area contributed by atoms with Crippen molar-refractivity contribution in [2.24, 2.45) is 0 Å². The molecule has 3 heterocycles. The first-order valence-corrected chi connectivity index (χ1v) is 20.1. The van der Waals surface area contributed by atoms with Crippen molar-refractivity contribution in [2.45, 2.75) is 26.7 Å². The second-order valence-electron chi connectivity index (χ2n) is 14.8. The Hall–Kier alpha value is -6.42. The molecule has 0 bridgehead atoms. The van der Waals surface area contributed by atoms with E-state index in [1.54, 1.807) is 0 Å². The Kier molecular flexibility index (Phi) is 7.33. The van der Waals surface area contributed by atoms with Crippen LogP contribution < -0.4 is 4.90 Å². The third-order valence-electron chi connectivity index (χ3n) is 11.6. The molecule has 0 spiro atoms. The Labute approximate surface area is 324 Å². The van der Waals surface area contributed by atoms with Crippen LogP contribution in [0.2, 0.25) is 0 Å². The first-order chi connectivity index (χ1) is 27.2. The van der Waals surface area contributed by atoms with E-state index in [-0.39, 0.29) is 0 Å². The van der Waals surface area contributed by atoms with E-state index in [0.29, 0.717) is 0 Å². The first-order valence-electron chi connectivity index (χ1n) is 19.3. The maximum absolute atomic E-state index is 2.51. The maximum Gasteiger partial charge on any atom is 0.0782 e. The van der Waals surface area contributed by atoms with Gasteiger partial charge in [0.2, 0.25) is 0 Å². The normalized spacial score (nSPS) is 12.0. The second-order valence-corrected chi connectivity index (χ2v) is 15.9. The van der Waals surface area contributed by atoms with Crippen molar-refractivity contribution >= 4 is 86.7 Å². The largest absolute Gasteiger partial charge is 0.308 e. The molecule has 0 aliphatic rings. The molecule has 0 saturated carbocycles. The molecular formula is C52H38N2S. The van der Waals surface area contributed by atoms with E-state index in [2.05, 4.69) is 193 Å². The number of rotatable bonds is 7. The molecule has 3 heteroatoms. The van der Waals surface area contributed by atoms with E-state index in [1.807, 2.05) is 11.3 Å². The minimum Gasteiger partial charge on any atom is -0.308 e. The molecule has 262 valence electrons. The molecule has 3 aromatic heterocycles. The predicted octanol–water partition coefficient (Wildman–Crippen LogP) is 15.3. The molecule has 0 unspecified atom stereocenters. The molecule has 8 aromatic carbocycles. The predicted molar refractivity (Wildman–Crippen MR) is 238 cm³/mol. The standard InChI is InChI=1S/C52H38N2S/c1-3-12-35-13-4-5-14-39(35)45-32-38(27-23-33(45)2)53(37-28-24-34(25-29-37)36-26-30-50-46(31-36)41-16-7-9-22-49(41)55-50)48-21-11-19-44-43-18-10-17-42-40-15-6-8-20-47(40)54(51(42)43)52(44)48/h4-11,13-32H,3,12H2,1-2H3. The highest BCUT2D eigenvalue weighted by atomic mass is 32.1. The molecule has 0 aliphatic heterocycles. The monoisotopic (exact) mass is 722 g/mol. The van der Waals surface area contributed by atoms with Crippen molar-refractivity contribution in [2.75, 3.05) is 4.90 Å². The Balaban J connectivity index is 1.14. The summed E-state index contributed by atoms with van der Waals surface area (Å²) in [4.78, 5) is 2.48. The lowest BCUT2D eigenvalue weighted by Gasteiger charge is -2.28. The van der Waals surface area contributed by atoms with Crippen LogP contribution in [0.4, 0.5) is 17.1 Å². The average molecular weight is 723 g/mol. The summed E-state index contributed by atoms with van der Waals surface area (Å²) in [7, 11) is 0. The molecular weight excluding hydrogens is 685 g/mol. The summed E-state index contributed by atoms with van der Waals surface area (Å²) in [6.07, 6.45) is 2.17. The van der Waals surface area contributed by atoms with Gasteiger partial charge in [0.1, 0.15) is 0 Å². The number of fused-ring (bicyclic) bond motifs is 9. The van der Waals surface area contributed by atoms with Crippen LogP contribution in [0.15, 0.2) is 170 Å². The molecule has 0 fully saturated rings. The van der Waals surface area contributed by atoms with E-state index in [4.69, 9.17) is 0 Å². The number of nitrogens with zero attached hydrogens (tertiary/aromatic N) is 2. The summed E-state index contributed by atoms with van der Waals surface area (Å²) >= 11 is 1.87. The fourth-order valence-corrected chi connectivity index (χ4v) is 10.2. The molecule has 0 amide bonds.